The van der Waals surface area contributed by atoms with E-state index in [2.05, 4.69) is 22.4 Å². The average Bonchev–Trinajstić information content (AvgIpc) is 2.89. The molecule has 0 fully saturated rings. The van der Waals surface area contributed by atoms with Gasteiger partial charge in [0.25, 0.3) is 0 Å². The first kappa shape index (κ1) is 11.9. The highest BCUT2D eigenvalue weighted by Gasteiger charge is 2.17. The van der Waals surface area contributed by atoms with Crippen LogP contribution in [0.2, 0.25) is 0 Å². The monoisotopic (exact) mass is 233 g/mol. The molecule has 0 saturated carbocycles. The first-order valence-corrected chi connectivity index (χ1v) is 5.92. The van der Waals surface area contributed by atoms with Gasteiger partial charge in [-0.15, -0.1) is 0 Å². The second kappa shape index (κ2) is 5.14. The van der Waals surface area contributed by atoms with Crippen LogP contribution in [0.1, 0.15) is 30.6 Å². The highest BCUT2D eigenvalue weighted by molar-refractivity contribution is 5.22. The number of rotatable bonds is 5. The van der Waals surface area contributed by atoms with Gasteiger partial charge in [-0.3, -0.25) is 9.36 Å². The summed E-state index contributed by atoms with van der Waals surface area (Å²) in [6.07, 6.45) is 6.99. The molecule has 0 aliphatic carbocycles. The predicted octanol–water partition coefficient (Wildman–Crippen LogP) is 1.24. The van der Waals surface area contributed by atoms with Crippen molar-refractivity contribution in [1.82, 2.24) is 24.9 Å². The van der Waals surface area contributed by atoms with Crippen molar-refractivity contribution in [3.05, 3.63) is 35.9 Å². The van der Waals surface area contributed by atoms with Gasteiger partial charge in [0.15, 0.2) is 0 Å². The van der Waals surface area contributed by atoms with Crippen molar-refractivity contribution in [2.75, 3.05) is 6.54 Å². The van der Waals surface area contributed by atoms with E-state index < -0.39 is 0 Å². The van der Waals surface area contributed by atoms with Gasteiger partial charge >= 0.3 is 0 Å². The lowest BCUT2D eigenvalue weighted by Gasteiger charge is -2.14. The summed E-state index contributed by atoms with van der Waals surface area (Å²) >= 11 is 0. The Kier molecular flexibility index (Phi) is 3.58. The van der Waals surface area contributed by atoms with E-state index in [1.807, 2.05) is 48.1 Å². The molecule has 5 heteroatoms. The second-order valence-electron chi connectivity index (χ2n) is 4.25. The van der Waals surface area contributed by atoms with Crippen molar-refractivity contribution in [3.8, 4) is 0 Å². The topological polar surface area (TPSA) is 47.7 Å². The van der Waals surface area contributed by atoms with Crippen LogP contribution in [0.4, 0.5) is 0 Å². The van der Waals surface area contributed by atoms with Crippen molar-refractivity contribution in [1.29, 1.82) is 0 Å². The van der Waals surface area contributed by atoms with Crippen molar-refractivity contribution in [2.45, 2.75) is 19.4 Å². The number of nitrogens with zero attached hydrogens (tertiary/aromatic N) is 4. The van der Waals surface area contributed by atoms with E-state index in [1.165, 1.54) is 0 Å². The van der Waals surface area contributed by atoms with Crippen LogP contribution in [0.15, 0.2) is 24.7 Å². The SMILES string of the molecule is CCCNC(c1cnn(C)c1)c1ccn(C)n1. The predicted molar refractivity (Wildman–Crippen MR) is 66.6 cm³/mol. The molecule has 2 heterocycles. The largest absolute Gasteiger partial charge is 0.305 e. The smallest absolute Gasteiger partial charge is 0.0840 e. The number of aryl methyl sites for hydroxylation is 2. The van der Waals surface area contributed by atoms with Gasteiger partial charge in [0.2, 0.25) is 0 Å². The maximum absolute atomic E-state index is 4.47. The molecule has 2 aromatic heterocycles. The molecule has 2 rings (SSSR count). The van der Waals surface area contributed by atoms with Crippen molar-refractivity contribution in [2.24, 2.45) is 14.1 Å². The van der Waals surface area contributed by atoms with E-state index in [1.54, 1.807) is 0 Å². The summed E-state index contributed by atoms with van der Waals surface area (Å²) in [6.45, 7) is 3.13. The third kappa shape index (κ3) is 2.74. The van der Waals surface area contributed by atoms with Crippen LogP contribution < -0.4 is 5.32 Å². The fourth-order valence-corrected chi connectivity index (χ4v) is 1.86. The van der Waals surface area contributed by atoms with Gasteiger partial charge in [0, 0.05) is 32.1 Å². The lowest BCUT2D eigenvalue weighted by Crippen LogP contribution is -2.23. The Hall–Kier alpha value is -1.62. The standard InChI is InChI=1S/C12H19N5/c1-4-6-13-12(10-8-14-17(3)9-10)11-5-7-16(2)15-11/h5,7-9,12-13H,4,6H2,1-3H3. The summed E-state index contributed by atoms with van der Waals surface area (Å²) in [5, 5.41) is 12.2. The molecule has 0 aliphatic rings. The molecule has 1 N–H and O–H groups in total. The maximum Gasteiger partial charge on any atom is 0.0840 e. The van der Waals surface area contributed by atoms with Gasteiger partial charge in [-0.05, 0) is 19.0 Å². The third-order valence-corrected chi connectivity index (χ3v) is 2.69. The van der Waals surface area contributed by atoms with Crippen LogP contribution in [0.3, 0.4) is 0 Å². The fourth-order valence-electron chi connectivity index (χ4n) is 1.86. The molecule has 5 nitrogen and oxygen atoms in total. The van der Waals surface area contributed by atoms with E-state index in [0.29, 0.717) is 0 Å². The fraction of sp³-hybridized carbons (Fsp3) is 0.500. The number of aromatic nitrogens is 4. The summed E-state index contributed by atoms with van der Waals surface area (Å²) in [4.78, 5) is 0. The minimum absolute atomic E-state index is 0.129. The highest BCUT2D eigenvalue weighted by Crippen LogP contribution is 2.19. The Balaban J connectivity index is 2.24. The van der Waals surface area contributed by atoms with Crippen molar-refractivity contribution >= 4 is 0 Å². The third-order valence-electron chi connectivity index (χ3n) is 2.69. The van der Waals surface area contributed by atoms with Gasteiger partial charge in [0.05, 0.1) is 17.9 Å². The summed E-state index contributed by atoms with van der Waals surface area (Å²) < 4.78 is 3.64. The zero-order valence-electron chi connectivity index (χ0n) is 10.6. The molecule has 0 aliphatic heterocycles. The summed E-state index contributed by atoms with van der Waals surface area (Å²) in [5.74, 6) is 0. The van der Waals surface area contributed by atoms with Crippen LogP contribution in [-0.4, -0.2) is 26.1 Å². The highest BCUT2D eigenvalue weighted by atomic mass is 15.3. The van der Waals surface area contributed by atoms with E-state index >= 15 is 0 Å². The minimum Gasteiger partial charge on any atom is -0.305 e. The van der Waals surface area contributed by atoms with Gasteiger partial charge in [-0.25, -0.2) is 0 Å². The molecular formula is C12H19N5. The number of nitrogens with one attached hydrogen (secondary N) is 1. The van der Waals surface area contributed by atoms with E-state index in [9.17, 15) is 0 Å². The normalized spacial score (nSPS) is 12.9. The summed E-state index contributed by atoms with van der Waals surface area (Å²) in [7, 11) is 3.86. The average molecular weight is 233 g/mol. The molecular weight excluding hydrogens is 214 g/mol. The quantitative estimate of drug-likeness (QED) is 0.845. The van der Waals surface area contributed by atoms with Crippen LogP contribution in [0.25, 0.3) is 0 Å². The molecule has 0 radical (unpaired) electrons. The lowest BCUT2D eigenvalue weighted by atomic mass is 10.1. The van der Waals surface area contributed by atoms with Gasteiger partial charge in [-0.1, -0.05) is 6.92 Å². The van der Waals surface area contributed by atoms with Crippen LogP contribution in [0.5, 0.6) is 0 Å². The molecule has 17 heavy (non-hydrogen) atoms. The van der Waals surface area contributed by atoms with E-state index in [-0.39, 0.29) is 6.04 Å². The molecule has 2 aromatic rings. The first-order chi connectivity index (χ1) is 8.20. The van der Waals surface area contributed by atoms with E-state index in [4.69, 9.17) is 0 Å². The molecule has 0 amide bonds. The maximum atomic E-state index is 4.47. The summed E-state index contributed by atoms with van der Waals surface area (Å²) in [5.41, 5.74) is 2.19. The Bertz CT molecular complexity index is 430. The second-order valence-corrected chi connectivity index (χ2v) is 4.25. The van der Waals surface area contributed by atoms with Crippen LogP contribution >= 0.6 is 0 Å². The first-order valence-electron chi connectivity index (χ1n) is 5.92. The van der Waals surface area contributed by atoms with Crippen LogP contribution in [-0.2, 0) is 14.1 Å². The Morgan fingerprint density at radius 2 is 2.18 bits per heavy atom. The zero-order valence-corrected chi connectivity index (χ0v) is 10.6. The lowest BCUT2D eigenvalue weighted by molar-refractivity contribution is 0.575. The molecule has 1 atom stereocenters. The minimum atomic E-state index is 0.129. The number of hydrogen-bond donors (Lipinski definition) is 1. The Labute approximate surface area is 101 Å². The molecule has 0 saturated heterocycles. The Morgan fingerprint density at radius 1 is 1.35 bits per heavy atom. The van der Waals surface area contributed by atoms with Crippen molar-refractivity contribution in [3.63, 3.8) is 0 Å². The van der Waals surface area contributed by atoms with E-state index in [0.717, 1.165) is 24.2 Å². The van der Waals surface area contributed by atoms with Gasteiger partial charge in [0.1, 0.15) is 0 Å². The van der Waals surface area contributed by atoms with Crippen molar-refractivity contribution < 1.29 is 0 Å². The molecule has 0 spiro atoms. The molecule has 1 unspecified atom stereocenters. The number of hydrogen-bond acceptors (Lipinski definition) is 3. The zero-order chi connectivity index (χ0) is 12.3. The summed E-state index contributed by atoms with van der Waals surface area (Å²) in [6, 6.07) is 2.17. The van der Waals surface area contributed by atoms with Gasteiger partial charge < -0.3 is 5.32 Å². The van der Waals surface area contributed by atoms with Gasteiger partial charge in [-0.2, -0.15) is 10.2 Å². The molecule has 0 aromatic carbocycles. The van der Waals surface area contributed by atoms with Crippen LogP contribution in [0, 0.1) is 0 Å². The Morgan fingerprint density at radius 3 is 2.71 bits per heavy atom. The molecule has 92 valence electrons. The molecule has 0 bridgehead atoms.